The lowest BCUT2D eigenvalue weighted by atomic mass is 9.93. The zero-order chi connectivity index (χ0) is 85.0. The topological polar surface area (TPSA) is 368 Å². The number of rotatable bonds is 23. The van der Waals surface area contributed by atoms with E-state index >= 15 is 0 Å². The van der Waals surface area contributed by atoms with Gasteiger partial charge >= 0.3 is 0 Å². The van der Waals surface area contributed by atoms with Crippen molar-refractivity contribution in [3.05, 3.63) is 182 Å². The van der Waals surface area contributed by atoms with Crippen LogP contribution >= 0.6 is 0 Å². The van der Waals surface area contributed by atoms with Crippen LogP contribution in [0.2, 0.25) is 0 Å². The number of aliphatic hydroxyl groups is 5. The number of hydrogen-bond acceptors (Lipinski definition) is 28. The molecule has 5 aliphatic carbocycles. The van der Waals surface area contributed by atoms with Crippen molar-refractivity contribution < 1.29 is 58.7 Å². The number of aliphatic hydroxyl groups excluding tert-OH is 5. The van der Waals surface area contributed by atoms with Crippen LogP contribution in [0.25, 0.3) is 65.6 Å². The van der Waals surface area contributed by atoms with E-state index in [1.54, 1.807) is 13.3 Å². The van der Waals surface area contributed by atoms with Gasteiger partial charge in [0.05, 0.1) is 91.3 Å². The van der Waals surface area contributed by atoms with E-state index in [2.05, 4.69) is 89.6 Å². The van der Waals surface area contributed by atoms with E-state index in [1.807, 2.05) is 152 Å². The maximum absolute atomic E-state index is 9.64. The van der Waals surface area contributed by atoms with Gasteiger partial charge in [-0.25, -0.2) is 49.8 Å². The molecule has 0 amide bonds. The highest BCUT2D eigenvalue weighted by Crippen LogP contribution is 2.34. The lowest BCUT2D eigenvalue weighted by Gasteiger charge is -2.26. The lowest BCUT2D eigenvalue weighted by molar-refractivity contribution is 0.0255. The van der Waals surface area contributed by atoms with Gasteiger partial charge in [0.15, 0.2) is 0 Å². The predicted molar refractivity (Wildman–Crippen MR) is 509 cm³/mol. The van der Waals surface area contributed by atoms with Crippen LogP contribution < -0.4 is 45.5 Å². The number of fused-ring (bicyclic) bond motifs is 5. The standard InChI is InChI=1S/C20H22N4O2.C20H21N3O.2C19H25N3O3.C18H25N3O3.4CH4/c25-17-7-5-15(6-8-17)23-20-22-12-14-4-9-18(11-19(14)24-20)26-13-16-3-1-2-10-21-16;24-17-11-9-16(10-12-17)22-20-21-13-15-7-4-8-18(19(15)23-20)14-5-2-1-3-6-14;23-15-4-2-14(3-5-15)21-19-20-12-13-1-6-17(11-18(13)22-19)25-16-7-9-24-10-8-16;23-15-6-4-14(5-7-15)21-19-20-12-13-2-1-3-17(18(13)22-19)25-16-8-10-24-11-9-16;1-23-9-2-10-24-16-8-3-13-12-19-18(21-17(13)11-16)20-14-4-6-15(22)7-5-14;;;;/h1-4,9-12,15,17,25H,5-8,13H2,(H,22,23,24);1-8,13,16-17,24H,9-12H2,(H,21,22,23);1,6,11-12,14-16,23H,2-5,7-10H2,(H,20,21,22);1-3,12,14-16,23H,4-11H2,(H,20,21,22);3,8,11-12,14-15,22H,2,4-7,9-10H2,1H3,(H,19,20,21);4*1H4. The van der Waals surface area contributed by atoms with Crippen LogP contribution in [0, 0.1) is 0 Å². The van der Waals surface area contributed by atoms with E-state index < -0.39 is 0 Å². The van der Waals surface area contributed by atoms with E-state index in [0.29, 0.717) is 79.8 Å². The normalized spacial score (nSPS) is 21.7. The van der Waals surface area contributed by atoms with Gasteiger partial charge in [0, 0.05) is 164 Å². The van der Waals surface area contributed by atoms with Gasteiger partial charge in [-0.15, -0.1) is 0 Å². The molecule has 28 heteroatoms. The molecule has 0 unspecified atom stereocenters. The Labute approximate surface area is 753 Å². The number of pyridine rings is 1. The van der Waals surface area contributed by atoms with Gasteiger partial charge in [0.1, 0.15) is 47.3 Å². The van der Waals surface area contributed by atoms with Gasteiger partial charge < -0.3 is 85.3 Å². The molecule has 5 saturated carbocycles. The SMILES string of the molecule is C.C.C.C.COCCCOc1ccc2cnc(NC3CCC(O)CC3)nc2c1.OC1CCC(Nc2ncc3ccc(OC4CCOCC4)cc3n2)CC1.OC1CCC(Nc2ncc3ccc(OCc4ccccn4)cc3n2)CC1.OC1CCC(Nc2ncc3cccc(-c4ccccc4)c3n2)CC1.OC1CCC(Nc2ncc3cccc(OC4CCOCC4)c3n2)CC1. The minimum absolute atomic E-state index is 0. The Hall–Kier alpha value is -11.0. The largest absolute Gasteiger partial charge is 0.493 e. The molecule has 686 valence electrons. The van der Waals surface area contributed by atoms with Crippen molar-refractivity contribution in [1.82, 2.24) is 54.8 Å². The first-order chi connectivity index (χ1) is 60.8. The molecular formula is C100H134N16O12. The van der Waals surface area contributed by atoms with Crippen molar-refractivity contribution in [2.24, 2.45) is 0 Å². The summed E-state index contributed by atoms with van der Waals surface area (Å²) in [6.07, 6.45) is 33.1. The lowest BCUT2D eigenvalue weighted by Crippen LogP contribution is -2.29. The summed E-state index contributed by atoms with van der Waals surface area (Å²) in [5.74, 6) is 6.46. The molecule has 128 heavy (non-hydrogen) atoms. The molecule has 12 aromatic rings. The van der Waals surface area contributed by atoms with Gasteiger partial charge in [0.2, 0.25) is 29.7 Å². The Morgan fingerprint density at radius 1 is 0.336 bits per heavy atom. The fraction of sp³-hybridized carbons (Fsp3) is 0.490. The molecule has 10 N–H and O–H groups in total. The Morgan fingerprint density at radius 3 is 1.14 bits per heavy atom. The highest BCUT2D eigenvalue weighted by atomic mass is 16.5. The van der Waals surface area contributed by atoms with Crippen LogP contribution in [0.5, 0.6) is 23.0 Å². The van der Waals surface area contributed by atoms with Gasteiger partial charge in [-0.3, -0.25) is 4.98 Å². The number of benzene rings is 6. The number of nitrogens with zero attached hydrogens (tertiary/aromatic N) is 11. The van der Waals surface area contributed by atoms with E-state index in [4.69, 9.17) is 43.1 Å². The summed E-state index contributed by atoms with van der Waals surface area (Å²) in [5, 5.41) is 70.1. The molecule has 6 aromatic heterocycles. The van der Waals surface area contributed by atoms with Crippen LogP contribution in [0.3, 0.4) is 0 Å². The second kappa shape index (κ2) is 50.1. The van der Waals surface area contributed by atoms with Crippen molar-refractivity contribution in [1.29, 1.82) is 0 Å². The third kappa shape index (κ3) is 29.3. The number of nitrogens with one attached hydrogen (secondary N) is 5. The summed E-state index contributed by atoms with van der Waals surface area (Å²) in [5.41, 5.74) is 7.59. The van der Waals surface area contributed by atoms with E-state index in [-0.39, 0.29) is 72.4 Å². The van der Waals surface area contributed by atoms with Crippen LogP contribution in [0.4, 0.5) is 29.7 Å². The quantitative estimate of drug-likeness (QED) is 0.0266. The fourth-order valence-corrected chi connectivity index (χ4v) is 16.6. The van der Waals surface area contributed by atoms with Crippen LogP contribution in [-0.4, -0.2) is 200 Å². The van der Waals surface area contributed by atoms with Gasteiger partial charge in [0.25, 0.3) is 0 Å². The number of hydrogen-bond donors (Lipinski definition) is 10. The zero-order valence-corrected chi connectivity index (χ0v) is 70.8. The molecule has 0 spiro atoms. The van der Waals surface area contributed by atoms with E-state index in [1.165, 1.54) is 0 Å². The third-order valence-corrected chi connectivity index (χ3v) is 23.9. The number of methoxy groups -OCH3 is 1. The summed E-state index contributed by atoms with van der Waals surface area (Å²) < 4.78 is 39.6. The third-order valence-electron chi connectivity index (χ3n) is 23.9. The fourth-order valence-electron chi connectivity index (χ4n) is 16.6. The minimum Gasteiger partial charge on any atom is -0.493 e. The Morgan fingerprint density at radius 2 is 0.711 bits per heavy atom. The molecule has 7 aliphatic rings. The number of anilines is 5. The zero-order valence-electron chi connectivity index (χ0n) is 70.8. The molecule has 6 aromatic carbocycles. The van der Waals surface area contributed by atoms with Crippen molar-refractivity contribution in [3.8, 4) is 34.1 Å². The minimum atomic E-state index is -0.163. The summed E-state index contributed by atoms with van der Waals surface area (Å²) in [6, 6.07) is 47.5. The molecule has 0 atom stereocenters. The summed E-state index contributed by atoms with van der Waals surface area (Å²) in [7, 11) is 1.69. The molecule has 2 saturated heterocycles. The highest BCUT2D eigenvalue weighted by Gasteiger charge is 2.27. The Balaban J connectivity index is 0.000000154. The van der Waals surface area contributed by atoms with E-state index in [9.17, 15) is 25.5 Å². The molecule has 0 radical (unpaired) electrons. The first-order valence-corrected chi connectivity index (χ1v) is 44.6. The molecule has 0 bridgehead atoms. The summed E-state index contributed by atoms with van der Waals surface area (Å²) in [6.45, 7) is 4.79. The first-order valence-electron chi connectivity index (χ1n) is 44.6. The first kappa shape index (κ1) is 97.7. The van der Waals surface area contributed by atoms with Gasteiger partial charge in [-0.2, -0.15) is 0 Å². The molecule has 7 fully saturated rings. The van der Waals surface area contributed by atoms with Gasteiger partial charge in [-0.1, -0.05) is 96.4 Å². The maximum Gasteiger partial charge on any atom is 0.223 e. The van der Waals surface area contributed by atoms with Crippen molar-refractivity contribution in [2.75, 3.05) is 73.3 Å². The summed E-state index contributed by atoms with van der Waals surface area (Å²) >= 11 is 0. The molecule has 2 aliphatic heterocycles. The van der Waals surface area contributed by atoms with Crippen LogP contribution in [0.1, 0.15) is 196 Å². The second-order valence-electron chi connectivity index (χ2n) is 33.3. The molecule has 8 heterocycles. The Bertz CT molecular complexity index is 5280. The Kier molecular flexibility index (Phi) is 38.2. The summed E-state index contributed by atoms with van der Waals surface area (Å²) in [4.78, 5) is 49.8. The molecular weight excluding hydrogens is 1620 g/mol. The monoisotopic (exact) mass is 1750 g/mol. The smallest absolute Gasteiger partial charge is 0.223 e. The highest BCUT2D eigenvalue weighted by molar-refractivity contribution is 5.94. The maximum atomic E-state index is 9.64. The second-order valence-corrected chi connectivity index (χ2v) is 33.3. The van der Waals surface area contributed by atoms with Crippen molar-refractivity contribution in [3.63, 3.8) is 0 Å². The average Bonchev–Trinajstić information content (AvgIpc) is 0.798. The number of aromatic nitrogens is 11. The number of para-hydroxylation sites is 2. The van der Waals surface area contributed by atoms with Crippen LogP contribution in [-0.2, 0) is 20.8 Å². The molecule has 28 nitrogen and oxygen atoms in total. The van der Waals surface area contributed by atoms with Gasteiger partial charge in [-0.05, 0) is 189 Å². The van der Waals surface area contributed by atoms with E-state index in [0.717, 1.165) is 281 Å². The van der Waals surface area contributed by atoms with Crippen molar-refractivity contribution >= 4 is 84.3 Å². The predicted octanol–water partition coefficient (Wildman–Crippen LogP) is 18.4. The van der Waals surface area contributed by atoms with Crippen LogP contribution in [0.15, 0.2) is 177 Å². The number of ether oxygens (including phenoxy) is 7. The average molecular weight is 1750 g/mol. The van der Waals surface area contributed by atoms with Crippen molar-refractivity contribution in [2.45, 2.75) is 270 Å². The molecule has 19 rings (SSSR count).